The average molecular weight is 200 g/mol. The van der Waals surface area contributed by atoms with Crippen LogP contribution in [0.3, 0.4) is 0 Å². The van der Waals surface area contributed by atoms with Gasteiger partial charge in [-0.05, 0) is 35.7 Å². The van der Waals surface area contributed by atoms with Crippen molar-refractivity contribution in [3.8, 4) is 0 Å². The highest BCUT2D eigenvalue weighted by Crippen LogP contribution is 2.30. The maximum absolute atomic E-state index is 3.89. The minimum atomic E-state index is 0.298. The highest BCUT2D eigenvalue weighted by atomic mass is 32.2. The van der Waals surface area contributed by atoms with Crippen LogP contribution in [0, 0.1) is 11.3 Å². The van der Waals surface area contributed by atoms with Gasteiger partial charge >= 0.3 is 0 Å². The first-order valence-corrected chi connectivity index (χ1v) is 6.41. The minimum Gasteiger partial charge on any atom is -0.162 e. The molecule has 0 rings (SSSR count). The molecule has 0 bridgehead atoms. The molecule has 1 heteroatoms. The molecule has 0 nitrogen and oxygen atoms in total. The van der Waals surface area contributed by atoms with Gasteiger partial charge in [0.15, 0.2) is 0 Å². The van der Waals surface area contributed by atoms with E-state index in [9.17, 15) is 0 Å². The van der Waals surface area contributed by atoms with Crippen molar-refractivity contribution in [3.63, 3.8) is 0 Å². The lowest BCUT2D eigenvalue weighted by molar-refractivity contribution is 0.301. The average Bonchev–Trinajstić information content (AvgIpc) is 2.12. The van der Waals surface area contributed by atoms with Crippen LogP contribution in [-0.2, 0) is 0 Å². The Balaban J connectivity index is 3.61. The lowest BCUT2D eigenvalue weighted by Crippen LogP contribution is -2.19. The number of hydrogen-bond acceptors (Lipinski definition) is 1. The van der Waals surface area contributed by atoms with Gasteiger partial charge in [0.05, 0.1) is 0 Å². The Bertz CT molecular complexity index is 138. The molecule has 0 heterocycles. The summed E-state index contributed by atoms with van der Waals surface area (Å²) in [5.74, 6) is 3.35. The molecule has 0 saturated carbocycles. The summed E-state index contributed by atoms with van der Waals surface area (Å²) in [5, 5.41) is 0. The smallest absolute Gasteiger partial charge is 0.00647 e. The van der Waals surface area contributed by atoms with Gasteiger partial charge in [-0.3, -0.25) is 0 Å². The molecular weight excluding hydrogens is 176 g/mol. The van der Waals surface area contributed by atoms with Crippen LogP contribution in [0.1, 0.15) is 40.5 Å². The van der Waals surface area contributed by atoms with Crippen LogP contribution < -0.4 is 0 Å². The summed E-state index contributed by atoms with van der Waals surface area (Å²) in [6.45, 7) is 13.0. The SMILES string of the molecule is C=CC(C)(C)C(C)CCSCCC. The third-order valence-electron chi connectivity index (χ3n) is 2.84. The Morgan fingerprint density at radius 1 is 1.38 bits per heavy atom. The van der Waals surface area contributed by atoms with E-state index in [2.05, 4.69) is 52.1 Å². The van der Waals surface area contributed by atoms with Crippen molar-refractivity contribution in [2.75, 3.05) is 11.5 Å². The second kappa shape index (κ2) is 6.53. The Morgan fingerprint density at radius 2 is 2.00 bits per heavy atom. The maximum Gasteiger partial charge on any atom is -0.00647 e. The zero-order chi connectivity index (χ0) is 10.3. The van der Waals surface area contributed by atoms with Gasteiger partial charge in [0, 0.05) is 0 Å². The molecule has 0 radical (unpaired) electrons. The minimum absolute atomic E-state index is 0.298. The predicted octanol–water partition coefficient (Wildman–Crippen LogP) is 4.37. The summed E-state index contributed by atoms with van der Waals surface area (Å²) in [4.78, 5) is 0. The summed E-state index contributed by atoms with van der Waals surface area (Å²) in [5.41, 5.74) is 0.298. The molecule has 0 fully saturated rings. The van der Waals surface area contributed by atoms with Gasteiger partial charge < -0.3 is 0 Å². The summed E-state index contributed by atoms with van der Waals surface area (Å²) in [7, 11) is 0. The molecule has 0 aromatic rings. The van der Waals surface area contributed by atoms with Crippen LogP contribution in [-0.4, -0.2) is 11.5 Å². The molecule has 13 heavy (non-hydrogen) atoms. The first-order valence-electron chi connectivity index (χ1n) is 5.26. The van der Waals surface area contributed by atoms with Gasteiger partial charge in [0.25, 0.3) is 0 Å². The molecule has 0 aromatic carbocycles. The molecule has 0 amide bonds. The van der Waals surface area contributed by atoms with E-state index in [0.717, 1.165) is 5.92 Å². The number of hydrogen-bond donors (Lipinski definition) is 0. The first kappa shape index (κ1) is 13.1. The summed E-state index contributed by atoms with van der Waals surface area (Å²) in [6, 6.07) is 0. The van der Waals surface area contributed by atoms with Crippen molar-refractivity contribution in [1.29, 1.82) is 0 Å². The first-order chi connectivity index (χ1) is 6.04. The lowest BCUT2D eigenvalue weighted by Gasteiger charge is -2.28. The van der Waals surface area contributed by atoms with E-state index in [4.69, 9.17) is 0 Å². The highest BCUT2D eigenvalue weighted by Gasteiger charge is 2.21. The molecule has 0 aromatic heterocycles. The van der Waals surface area contributed by atoms with Gasteiger partial charge in [-0.2, -0.15) is 11.8 Å². The fourth-order valence-electron chi connectivity index (χ4n) is 1.08. The fraction of sp³-hybridized carbons (Fsp3) is 0.833. The van der Waals surface area contributed by atoms with E-state index in [1.165, 1.54) is 24.3 Å². The Hall–Kier alpha value is 0.0900. The summed E-state index contributed by atoms with van der Waals surface area (Å²) >= 11 is 2.07. The van der Waals surface area contributed by atoms with Gasteiger partial charge in [-0.1, -0.05) is 33.8 Å². The van der Waals surface area contributed by atoms with Crippen LogP contribution in [0.2, 0.25) is 0 Å². The van der Waals surface area contributed by atoms with Crippen LogP contribution in [0.25, 0.3) is 0 Å². The van der Waals surface area contributed by atoms with Crippen molar-refractivity contribution in [2.45, 2.75) is 40.5 Å². The van der Waals surface area contributed by atoms with Gasteiger partial charge in [0.2, 0.25) is 0 Å². The molecule has 0 aliphatic rings. The van der Waals surface area contributed by atoms with Crippen molar-refractivity contribution < 1.29 is 0 Å². The third kappa shape index (κ3) is 5.41. The summed E-state index contributed by atoms with van der Waals surface area (Å²) < 4.78 is 0. The third-order valence-corrected chi connectivity index (χ3v) is 4.06. The van der Waals surface area contributed by atoms with Crippen molar-refractivity contribution in [1.82, 2.24) is 0 Å². The van der Waals surface area contributed by atoms with Gasteiger partial charge in [-0.25, -0.2) is 0 Å². The molecule has 0 aliphatic heterocycles. The Labute approximate surface area is 88.2 Å². The predicted molar refractivity (Wildman–Crippen MR) is 65.4 cm³/mol. The molecule has 0 N–H and O–H groups in total. The van der Waals surface area contributed by atoms with Crippen LogP contribution >= 0.6 is 11.8 Å². The van der Waals surface area contributed by atoms with E-state index < -0.39 is 0 Å². The van der Waals surface area contributed by atoms with E-state index in [-0.39, 0.29) is 0 Å². The normalized spacial score (nSPS) is 14.2. The molecular formula is C12H24S. The van der Waals surface area contributed by atoms with E-state index in [0.29, 0.717) is 5.41 Å². The fourth-order valence-corrected chi connectivity index (χ4v) is 2.09. The Kier molecular flexibility index (Phi) is 6.58. The molecule has 0 saturated heterocycles. The number of allylic oxidation sites excluding steroid dienone is 1. The Morgan fingerprint density at radius 3 is 2.46 bits per heavy atom. The molecule has 1 unspecified atom stereocenters. The zero-order valence-corrected chi connectivity index (χ0v) is 10.4. The topological polar surface area (TPSA) is 0 Å². The molecule has 0 aliphatic carbocycles. The highest BCUT2D eigenvalue weighted by molar-refractivity contribution is 7.99. The summed E-state index contributed by atoms with van der Waals surface area (Å²) in [6.07, 6.45) is 4.69. The second-order valence-corrected chi connectivity index (χ2v) is 5.55. The number of rotatable bonds is 7. The molecule has 1 atom stereocenters. The standard InChI is InChI=1S/C12H24S/c1-6-9-13-10-8-11(3)12(4,5)7-2/h7,11H,2,6,8-10H2,1,3-5H3. The van der Waals surface area contributed by atoms with Crippen molar-refractivity contribution >= 4 is 11.8 Å². The molecule has 0 spiro atoms. The monoisotopic (exact) mass is 200 g/mol. The molecule has 78 valence electrons. The lowest BCUT2D eigenvalue weighted by atomic mass is 9.79. The van der Waals surface area contributed by atoms with Crippen LogP contribution in [0.5, 0.6) is 0 Å². The zero-order valence-electron chi connectivity index (χ0n) is 9.60. The number of thioether (sulfide) groups is 1. The van der Waals surface area contributed by atoms with Crippen LogP contribution in [0.4, 0.5) is 0 Å². The van der Waals surface area contributed by atoms with E-state index in [1.807, 2.05) is 0 Å². The van der Waals surface area contributed by atoms with Crippen LogP contribution in [0.15, 0.2) is 12.7 Å². The van der Waals surface area contributed by atoms with Gasteiger partial charge in [0.1, 0.15) is 0 Å². The maximum atomic E-state index is 3.89. The van der Waals surface area contributed by atoms with Gasteiger partial charge in [-0.15, -0.1) is 6.58 Å². The van der Waals surface area contributed by atoms with Crippen molar-refractivity contribution in [3.05, 3.63) is 12.7 Å². The van der Waals surface area contributed by atoms with Crippen molar-refractivity contribution in [2.24, 2.45) is 11.3 Å². The van der Waals surface area contributed by atoms with E-state index >= 15 is 0 Å². The largest absolute Gasteiger partial charge is 0.162 e. The second-order valence-electron chi connectivity index (χ2n) is 4.33. The van der Waals surface area contributed by atoms with E-state index in [1.54, 1.807) is 0 Å². The quantitative estimate of drug-likeness (QED) is 0.434.